The van der Waals surface area contributed by atoms with E-state index in [-0.39, 0.29) is 16.8 Å². The fourth-order valence-electron chi connectivity index (χ4n) is 2.93. The predicted octanol–water partition coefficient (Wildman–Crippen LogP) is 2.78. The Morgan fingerprint density at radius 3 is 2.35 bits per heavy atom. The molecule has 2 rings (SSSR count). The maximum atomic E-state index is 12.7. The van der Waals surface area contributed by atoms with Crippen LogP contribution in [0.15, 0.2) is 29.2 Å². The van der Waals surface area contributed by atoms with Crippen LogP contribution in [-0.2, 0) is 10.0 Å². The molecular formula is C17H26N2O3S. The van der Waals surface area contributed by atoms with Crippen molar-refractivity contribution in [3.05, 3.63) is 29.8 Å². The van der Waals surface area contributed by atoms with E-state index in [0.29, 0.717) is 12.1 Å². The number of amides is 1. The molecule has 0 unspecified atom stereocenters. The SMILES string of the molecule is CCCNC(=O)c1ccc(S(=O)(=O)N(C)C2CCCCC2)cc1. The van der Waals surface area contributed by atoms with E-state index < -0.39 is 10.0 Å². The number of hydrogen-bond acceptors (Lipinski definition) is 3. The lowest BCUT2D eigenvalue weighted by molar-refractivity contribution is 0.0953. The lowest BCUT2D eigenvalue weighted by Crippen LogP contribution is -2.38. The first kappa shape index (κ1) is 17.9. The lowest BCUT2D eigenvalue weighted by atomic mass is 9.96. The van der Waals surface area contributed by atoms with Crippen LogP contribution in [0.1, 0.15) is 55.8 Å². The molecule has 0 spiro atoms. The molecule has 0 bridgehead atoms. The monoisotopic (exact) mass is 338 g/mol. The molecule has 6 heteroatoms. The van der Waals surface area contributed by atoms with Crippen molar-refractivity contribution in [2.75, 3.05) is 13.6 Å². The molecule has 0 radical (unpaired) electrons. The Hall–Kier alpha value is -1.40. The first-order valence-electron chi connectivity index (χ1n) is 8.33. The molecular weight excluding hydrogens is 312 g/mol. The van der Waals surface area contributed by atoms with Gasteiger partial charge >= 0.3 is 0 Å². The fraction of sp³-hybridized carbons (Fsp3) is 0.588. The van der Waals surface area contributed by atoms with Crippen molar-refractivity contribution in [2.24, 2.45) is 0 Å². The van der Waals surface area contributed by atoms with Gasteiger partial charge in [-0.25, -0.2) is 8.42 Å². The predicted molar refractivity (Wildman–Crippen MR) is 90.9 cm³/mol. The van der Waals surface area contributed by atoms with Gasteiger partial charge in [0.1, 0.15) is 0 Å². The van der Waals surface area contributed by atoms with Gasteiger partial charge in [-0.05, 0) is 43.5 Å². The summed E-state index contributed by atoms with van der Waals surface area (Å²) in [5, 5.41) is 2.78. The number of hydrogen-bond donors (Lipinski definition) is 1. The van der Waals surface area contributed by atoms with Crippen molar-refractivity contribution in [3.8, 4) is 0 Å². The molecule has 1 saturated carbocycles. The first-order valence-corrected chi connectivity index (χ1v) is 9.77. The van der Waals surface area contributed by atoms with Gasteiger partial charge in [0.25, 0.3) is 5.91 Å². The minimum Gasteiger partial charge on any atom is -0.352 e. The van der Waals surface area contributed by atoms with Gasteiger partial charge in [-0.3, -0.25) is 4.79 Å². The van der Waals surface area contributed by atoms with Crippen LogP contribution in [0.3, 0.4) is 0 Å². The Labute approximate surface area is 139 Å². The summed E-state index contributed by atoms with van der Waals surface area (Å²) in [5.74, 6) is -0.170. The van der Waals surface area contributed by atoms with Crippen molar-refractivity contribution >= 4 is 15.9 Å². The average molecular weight is 338 g/mol. The van der Waals surface area contributed by atoms with Crippen molar-refractivity contribution in [2.45, 2.75) is 56.4 Å². The number of rotatable bonds is 6. The Morgan fingerprint density at radius 2 is 1.78 bits per heavy atom. The van der Waals surface area contributed by atoms with Gasteiger partial charge in [0.15, 0.2) is 0 Å². The van der Waals surface area contributed by atoms with Gasteiger partial charge in [-0.2, -0.15) is 4.31 Å². The van der Waals surface area contributed by atoms with E-state index in [4.69, 9.17) is 0 Å². The topological polar surface area (TPSA) is 66.5 Å². The van der Waals surface area contributed by atoms with Gasteiger partial charge in [-0.1, -0.05) is 26.2 Å². The summed E-state index contributed by atoms with van der Waals surface area (Å²) >= 11 is 0. The van der Waals surface area contributed by atoms with Crippen molar-refractivity contribution in [1.82, 2.24) is 9.62 Å². The number of benzene rings is 1. The van der Waals surface area contributed by atoms with Gasteiger partial charge in [0.2, 0.25) is 10.0 Å². The molecule has 0 heterocycles. The third kappa shape index (κ3) is 4.32. The van der Waals surface area contributed by atoms with Crippen LogP contribution in [0.2, 0.25) is 0 Å². The second-order valence-electron chi connectivity index (χ2n) is 6.09. The zero-order valence-electron chi connectivity index (χ0n) is 13.9. The van der Waals surface area contributed by atoms with E-state index >= 15 is 0 Å². The van der Waals surface area contributed by atoms with Crippen LogP contribution in [-0.4, -0.2) is 38.3 Å². The number of carbonyl (C=O) groups excluding carboxylic acids is 1. The van der Waals surface area contributed by atoms with Crippen LogP contribution in [0.25, 0.3) is 0 Å². The van der Waals surface area contributed by atoms with Crippen LogP contribution in [0.5, 0.6) is 0 Å². The smallest absolute Gasteiger partial charge is 0.251 e. The third-order valence-corrected chi connectivity index (χ3v) is 6.34. The lowest BCUT2D eigenvalue weighted by Gasteiger charge is -2.30. The normalized spacial score (nSPS) is 16.5. The highest BCUT2D eigenvalue weighted by atomic mass is 32.2. The summed E-state index contributed by atoms with van der Waals surface area (Å²) < 4.78 is 26.9. The van der Waals surface area contributed by atoms with E-state index in [0.717, 1.165) is 32.1 Å². The van der Waals surface area contributed by atoms with Gasteiger partial charge < -0.3 is 5.32 Å². The molecule has 128 valence electrons. The Balaban J connectivity index is 2.12. The molecule has 1 aliphatic carbocycles. The maximum Gasteiger partial charge on any atom is 0.251 e. The summed E-state index contributed by atoms with van der Waals surface area (Å²) in [6.07, 6.45) is 6.07. The highest BCUT2D eigenvalue weighted by Gasteiger charge is 2.29. The highest BCUT2D eigenvalue weighted by Crippen LogP contribution is 2.26. The number of nitrogens with one attached hydrogen (secondary N) is 1. The van der Waals surface area contributed by atoms with E-state index in [9.17, 15) is 13.2 Å². The first-order chi connectivity index (χ1) is 11.0. The Morgan fingerprint density at radius 1 is 1.17 bits per heavy atom. The molecule has 0 atom stereocenters. The fourth-order valence-corrected chi connectivity index (χ4v) is 4.34. The molecule has 0 saturated heterocycles. The van der Waals surface area contributed by atoms with Gasteiger partial charge in [0.05, 0.1) is 4.90 Å². The molecule has 5 nitrogen and oxygen atoms in total. The number of sulfonamides is 1. The van der Waals surface area contributed by atoms with E-state index in [1.807, 2.05) is 6.92 Å². The standard InChI is InChI=1S/C17H26N2O3S/c1-3-13-18-17(20)14-9-11-16(12-10-14)23(21,22)19(2)15-7-5-4-6-8-15/h9-12,15H,3-8,13H2,1-2H3,(H,18,20). The molecule has 0 aliphatic heterocycles. The van der Waals surface area contributed by atoms with E-state index in [1.165, 1.54) is 22.9 Å². The van der Waals surface area contributed by atoms with Crippen LogP contribution in [0.4, 0.5) is 0 Å². The third-order valence-electron chi connectivity index (χ3n) is 4.42. The van der Waals surface area contributed by atoms with Crippen LogP contribution < -0.4 is 5.32 Å². The van der Waals surface area contributed by atoms with Crippen LogP contribution in [0, 0.1) is 0 Å². The largest absolute Gasteiger partial charge is 0.352 e. The van der Waals surface area contributed by atoms with Gasteiger partial charge in [0, 0.05) is 25.2 Å². The minimum atomic E-state index is -3.50. The summed E-state index contributed by atoms with van der Waals surface area (Å²) in [6.45, 7) is 2.60. The average Bonchev–Trinajstić information content (AvgIpc) is 2.59. The van der Waals surface area contributed by atoms with Gasteiger partial charge in [-0.15, -0.1) is 0 Å². The summed E-state index contributed by atoms with van der Waals surface area (Å²) in [6, 6.07) is 6.28. The number of carbonyl (C=O) groups is 1. The quantitative estimate of drug-likeness (QED) is 0.867. The second kappa shape index (κ2) is 7.93. The van der Waals surface area contributed by atoms with Crippen molar-refractivity contribution < 1.29 is 13.2 Å². The molecule has 0 aromatic heterocycles. The maximum absolute atomic E-state index is 12.7. The summed E-state index contributed by atoms with van der Waals surface area (Å²) in [7, 11) is -1.84. The second-order valence-corrected chi connectivity index (χ2v) is 8.09. The van der Waals surface area contributed by atoms with Crippen molar-refractivity contribution in [1.29, 1.82) is 0 Å². The van der Waals surface area contributed by atoms with Crippen molar-refractivity contribution in [3.63, 3.8) is 0 Å². The Bertz CT molecular complexity index is 620. The molecule has 1 aliphatic rings. The summed E-state index contributed by atoms with van der Waals surface area (Å²) in [5.41, 5.74) is 0.484. The summed E-state index contributed by atoms with van der Waals surface area (Å²) in [4.78, 5) is 12.1. The van der Waals surface area contributed by atoms with E-state index in [2.05, 4.69) is 5.32 Å². The van der Waals surface area contributed by atoms with Crippen LogP contribution >= 0.6 is 0 Å². The zero-order chi connectivity index (χ0) is 16.9. The minimum absolute atomic E-state index is 0.0845. The molecule has 1 aromatic rings. The zero-order valence-corrected chi connectivity index (χ0v) is 14.7. The molecule has 1 fully saturated rings. The number of nitrogens with zero attached hydrogens (tertiary/aromatic N) is 1. The molecule has 23 heavy (non-hydrogen) atoms. The molecule has 1 aromatic carbocycles. The molecule has 1 N–H and O–H groups in total. The highest BCUT2D eigenvalue weighted by molar-refractivity contribution is 7.89. The van der Waals surface area contributed by atoms with E-state index in [1.54, 1.807) is 19.2 Å². The Kier molecular flexibility index (Phi) is 6.18. The molecule has 1 amide bonds.